The monoisotopic (exact) mass is 361 g/mol. The number of allylic oxidation sites excluding steroid dienone is 1. The van der Waals surface area contributed by atoms with Gasteiger partial charge in [-0.15, -0.1) is 0 Å². The van der Waals surface area contributed by atoms with Crippen LogP contribution in [0.1, 0.15) is 21.6 Å². The predicted octanol–water partition coefficient (Wildman–Crippen LogP) is 3.45. The van der Waals surface area contributed by atoms with Crippen LogP contribution in [-0.4, -0.2) is 29.2 Å². The van der Waals surface area contributed by atoms with Crippen LogP contribution in [0.4, 0.5) is 5.69 Å². The summed E-state index contributed by atoms with van der Waals surface area (Å²) < 4.78 is 3.23. The van der Waals surface area contributed by atoms with Crippen LogP contribution in [0.15, 0.2) is 65.5 Å². The van der Waals surface area contributed by atoms with E-state index in [9.17, 15) is 9.59 Å². The Bertz CT molecular complexity index is 1040. The highest BCUT2D eigenvalue weighted by Gasteiger charge is 2.20. The van der Waals surface area contributed by atoms with Gasteiger partial charge in [0.05, 0.1) is 5.69 Å². The third kappa shape index (κ3) is 3.62. The summed E-state index contributed by atoms with van der Waals surface area (Å²) in [5, 5.41) is 0. The number of aromatic nitrogens is 2. The van der Waals surface area contributed by atoms with Crippen molar-refractivity contribution in [3.8, 4) is 5.69 Å². The molecule has 0 saturated carbocycles. The second-order valence-electron chi connectivity index (χ2n) is 6.62. The molecule has 0 aliphatic heterocycles. The van der Waals surface area contributed by atoms with Crippen molar-refractivity contribution >= 4 is 17.5 Å². The summed E-state index contributed by atoms with van der Waals surface area (Å²) in [4.78, 5) is 27.6. The van der Waals surface area contributed by atoms with Crippen molar-refractivity contribution in [2.75, 3.05) is 19.0 Å². The van der Waals surface area contributed by atoms with Crippen molar-refractivity contribution in [2.24, 2.45) is 7.05 Å². The van der Waals surface area contributed by atoms with E-state index in [1.54, 1.807) is 24.7 Å². The fourth-order valence-corrected chi connectivity index (χ4v) is 2.99. The summed E-state index contributed by atoms with van der Waals surface area (Å²) in [7, 11) is 5.73. The van der Waals surface area contributed by atoms with Crippen LogP contribution in [0.2, 0.25) is 0 Å². The number of carbonyl (C=O) groups is 1. The quantitative estimate of drug-likeness (QED) is 0.517. The molecule has 0 aliphatic rings. The molecular weight excluding hydrogens is 338 g/mol. The van der Waals surface area contributed by atoms with Crippen LogP contribution in [0, 0.1) is 6.92 Å². The molecule has 0 bridgehead atoms. The standard InChI is InChI=1S/C22H23N3O2/c1-16-21(22(27)25(24(16)4)19-8-6-5-7-9-19)20(26)15-12-17-10-13-18(14-11-17)23(2)3/h5-15H,1-4H3/b15-12+. The van der Waals surface area contributed by atoms with Gasteiger partial charge in [0.1, 0.15) is 5.56 Å². The molecule has 3 rings (SSSR count). The van der Waals surface area contributed by atoms with E-state index in [0.717, 1.165) is 16.9 Å². The van der Waals surface area contributed by atoms with Crippen molar-refractivity contribution in [3.05, 3.63) is 87.8 Å². The lowest BCUT2D eigenvalue weighted by atomic mass is 10.1. The zero-order chi connectivity index (χ0) is 19.6. The lowest BCUT2D eigenvalue weighted by Crippen LogP contribution is -2.22. The van der Waals surface area contributed by atoms with E-state index in [4.69, 9.17) is 0 Å². The summed E-state index contributed by atoms with van der Waals surface area (Å²) in [6, 6.07) is 17.2. The molecule has 0 atom stereocenters. The van der Waals surface area contributed by atoms with Gasteiger partial charge in [-0.25, -0.2) is 4.68 Å². The van der Waals surface area contributed by atoms with Gasteiger partial charge in [0.15, 0.2) is 5.78 Å². The Hall–Kier alpha value is -3.34. The van der Waals surface area contributed by atoms with Gasteiger partial charge in [0, 0.05) is 32.5 Å². The highest BCUT2D eigenvalue weighted by atomic mass is 16.2. The molecule has 5 nitrogen and oxygen atoms in total. The number of para-hydroxylation sites is 1. The summed E-state index contributed by atoms with van der Waals surface area (Å²) in [5.41, 5.74) is 3.26. The average Bonchev–Trinajstić information content (AvgIpc) is 2.89. The molecule has 0 N–H and O–H groups in total. The number of benzene rings is 2. The Morgan fingerprint density at radius 1 is 1.00 bits per heavy atom. The van der Waals surface area contributed by atoms with Gasteiger partial charge in [-0.1, -0.05) is 36.4 Å². The number of anilines is 1. The highest BCUT2D eigenvalue weighted by molar-refractivity contribution is 6.07. The lowest BCUT2D eigenvalue weighted by Gasteiger charge is -2.11. The maximum Gasteiger partial charge on any atom is 0.282 e. The van der Waals surface area contributed by atoms with Crippen molar-refractivity contribution in [3.63, 3.8) is 0 Å². The first-order valence-electron chi connectivity index (χ1n) is 8.74. The van der Waals surface area contributed by atoms with Crippen LogP contribution in [0.3, 0.4) is 0 Å². The van der Waals surface area contributed by atoms with Gasteiger partial charge in [0.2, 0.25) is 0 Å². The van der Waals surface area contributed by atoms with Gasteiger partial charge in [-0.3, -0.25) is 14.3 Å². The minimum absolute atomic E-state index is 0.197. The zero-order valence-corrected chi connectivity index (χ0v) is 16.0. The molecule has 0 unspecified atom stereocenters. The van der Waals surface area contributed by atoms with Crippen LogP contribution < -0.4 is 10.5 Å². The van der Waals surface area contributed by atoms with Crippen LogP contribution in [0.5, 0.6) is 0 Å². The molecule has 0 aliphatic carbocycles. The molecule has 5 heteroatoms. The molecule has 3 aromatic rings. The largest absolute Gasteiger partial charge is 0.378 e. The number of ketones is 1. The van der Waals surface area contributed by atoms with E-state index in [1.165, 1.54) is 10.8 Å². The Kier molecular flexibility index (Phi) is 5.12. The molecule has 1 aromatic heterocycles. The Morgan fingerprint density at radius 2 is 1.63 bits per heavy atom. The smallest absolute Gasteiger partial charge is 0.282 e. The van der Waals surface area contributed by atoms with Crippen molar-refractivity contribution in [1.29, 1.82) is 0 Å². The number of nitrogens with zero attached hydrogens (tertiary/aromatic N) is 3. The molecule has 0 saturated heterocycles. The molecule has 0 radical (unpaired) electrons. The van der Waals surface area contributed by atoms with Gasteiger partial charge in [-0.05, 0) is 42.8 Å². The van der Waals surface area contributed by atoms with Crippen LogP contribution >= 0.6 is 0 Å². The highest BCUT2D eigenvalue weighted by Crippen LogP contribution is 2.15. The topological polar surface area (TPSA) is 47.2 Å². The number of hydrogen-bond acceptors (Lipinski definition) is 3. The predicted molar refractivity (Wildman–Crippen MR) is 110 cm³/mol. The minimum atomic E-state index is -0.307. The van der Waals surface area contributed by atoms with Crippen molar-refractivity contribution in [1.82, 2.24) is 9.36 Å². The summed E-state index contributed by atoms with van der Waals surface area (Å²) >= 11 is 0. The molecule has 1 heterocycles. The third-order valence-corrected chi connectivity index (χ3v) is 4.64. The summed E-state index contributed by atoms with van der Waals surface area (Å²) in [5.74, 6) is -0.292. The normalized spacial score (nSPS) is 11.1. The molecule has 138 valence electrons. The number of rotatable bonds is 5. The Labute approximate surface area is 158 Å². The Balaban J connectivity index is 1.92. The second kappa shape index (κ2) is 7.50. The molecule has 2 aromatic carbocycles. The Morgan fingerprint density at radius 3 is 2.22 bits per heavy atom. The van der Waals surface area contributed by atoms with Crippen molar-refractivity contribution < 1.29 is 4.79 Å². The molecule has 0 fully saturated rings. The van der Waals surface area contributed by atoms with E-state index in [0.29, 0.717) is 5.69 Å². The second-order valence-corrected chi connectivity index (χ2v) is 6.62. The van der Waals surface area contributed by atoms with Gasteiger partial charge in [0.25, 0.3) is 5.56 Å². The van der Waals surface area contributed by atoms with E-state index in [-0.39, 0.29) is 16.9 Å². The van der Waals surface area contributed by atoms with Gasteiger partial charge in [-0.2, -0.15) is 0 Å². The van der Waals surface area contributed by atoms with Crippen molar-refractivity contribution in [2.45, 2.75) is 6.92 Å². The molecule has 0 spiro atoms. The summed E-state index contributed by atoms with van der Waals surface area (Å²) in [6.45, 7) is 1.79. The maximum absolute atomic E-state index is 12.9. The van der Waals surface area contributed by atoms with Gasteiger partial charge >= 0.3 is 0 Å². The number of hydrogen-bond donors (Lipinski definition) is 0. The minimum Gasteiger partial charge on any atom is -0.378 e. The summed E-state index contributed by atoms with van der Waals surface area (Å²) in [6.07, 6.45) is 3.20. The third-order valence-electron chi connectivity index (χ3n) is 4.64. The molecular formula is C22H23N3O2. The first-order chi connectivity index (χ1) is 12.9. The molecule has 0 amide bonds. The zero-order valence-electron chi connectivity index (χ0n) is 16.0. The van der Waals surface area contributed by atoms with Gasteiger partial charge < -0.3 is 4.90 Å². The van der Waals surface area contributed by atoms with Crippen LogP contribution in [0.25, 0.3) is 11.8 Å². The average molecular weight is 361 g/mol. The first-order valence-corrected chi connectivity index (χ1v) is 8.74. The fraction of sp³-hybridized carbons (Fsp3) is 0.182. The number of carbonyl (C=O) groups excluding carboxylic acids is 1. The van der Waals surface area contributed by atoms with Crippen LogP contribution in [-0.2, 0) is 7.05 Å². The maximum atomic E-state index is 12.9. The lowest BCUT2D eigenvalue weighted by molar-refractivity contribution is 0.104. The van der Waals surface area contributed by atoms with E-state index in [1.807, 2.05) is 73.6 Å². The molecule has 27 heavy (non-hydrogen) atoms. The van der Waals surface area contributed by atoms with E-state index in [2.05, 4.69) is 0 Å². The SMILES string of the molecule is Cc1c(C(=O)/C=C/c2ccc(N(C)C)cc2)c(=O)n(-c2ccccc2)n1C. The fourth-order valence-electron chi connectivity index (χ4n) is 2.99. The first kappa shape index (κ1) is 18.5. The van der Waals surface area contributed by atoms with E-state index >= 15 is 0 Å². The van der Waals surface area contributed by atoms with E-state index < -0.39 is 0 Å².